The molecule has 1 amide bonds. The Morgan fingerprint density at radius 1 is 1.33 bits per heavy atom. The number of carboxylic acid groups (broad SMARTS) is 1. The van der Waals surface area contributed by atoms with Crippen LogP contribution in [0.1, 0.15) is 17.4 Å². The first-order chi connectivity index (χ1) is 11.3. The third kappa shape index (κ3) is 3.87. The second-order valence-corrected chi connectivity index (χ2v) is 6.08. The molecule has 0 saturated carbocycles. The van der Waals surface area contributed by atoms with Crippen LogP contribution in [0.5, 0.6) is 0 Å². The predicted octanol–water partition coefficient (Wildman–Crippen LogP) is 2.40. The molecular weight excluding hydrogens is 357 g/mol. The number of carbonyl (C=O) groups is 2. The minimum Gasteiger partial charge on any atom is -0.479 e. The normalized spacial score (nSPS) is 13.3. The van der Waals surface area contributed by atoms with Crippen LogP contribution >= 0.6 is 23.2 Å². The van der Waals surface area contributed by atoms with Gasteiger partial charge in [0.05, 0.1) is 22.3 Å². The SMILES string of the molecule is COCC(C)(NC(=O)c1ccn(-c2ccc(Cl)c(Cl)c2)n1)C(=O)O. The zero-order valence-electron chi connectivity index (χ0n) is 12.9. The molecule has 0 spiro atoms. The van der Waals surface area contributed by atoms with Crippen molar-refractivity contribution in [1.82, 2.24) is 15.1 Å². The van der Waals surface area contributed by atoms with E-state index in [1.54, 1.807) is 24.4 Å². The highest BCUT2D eigenvalue weighted by atomic mass is 35.5. The van der Waals surface area contributed by atoms with Crippen molar-refractivity contribution in [3.05, 3.63) is 46.2 Å². The van der Waals surface area contributed by atoms with Crippen LogP contribution in [0, 0.1) is 0 Å². The van der Waals surface area contributed by atoms with E-state index in [4.69, 9.17) is 27.9 Å². The number of hydrogen-bond acceptors (Lipinski definition) is 4. The monoisotopic (exact) mass is 371 g/mol. The van der Waals surface area contributed by atoms with Gasteiger partial charge < -0.3 is 15.2 Å². The van der Waals surface area contributed by atoms with E-state index in [1.807, 2.05) is 0 Å². The molecular formula is C15H15Cl2N3O4. The molecule has 2 aromatic rings. The van der Waals surface area contributed by atoms with Gasteiger partial charge in [-0.1, -0.05) is 23.2 Å². The number of nitrogens with zero attached hydrogens (tertiary/aromatic N) is 2. The van der Waals surface area contributed by atoms with E-state index in [9.17, 15) is 14.7 Å². The molecule has 1 heterocycles. The Labute approximate surface area is 148 Å². The number of carbonyl (C=O) groups excluding carboxylic acids is 1. The van der Waals surface area contributed by atoms with Gasteiger partial charge in [0.25, 0.3) is 5.91 Å². The molecule has 128 valence electrons. The van der Waals surface area contributed by atoms with E-state index < -0.39 is 17.4 Å². The smallest absolute Gasteiger partial charge is 0.331 e. The molecule has 24 heavy (non-hydrogen) atoms. The number of amides is 1. The number of benzene rings is 1. The number of carboxylic acids is 1. The molecule has 1 unspecified atom stereocenters. The Kier molecular flexibility index (Phi) is 5.48. The van der Waals surface area contributed by atoms with Crippen LogP contribution in [-0.4, -0.2) is 46.0 Å². The summed E-state index contributed by atoms with van der Waals surface area (Å²) in [5.74, 6) is -1.84. The summed E-state index contributed by atoms with van der Waals surface area (Å²) in [5, 5.41) is 16.5. The summed E-state index contributed by atoms with van der Waals surface area (Å²) < 4.78 is 6.29. The number of methoxy groups -OCH3 is 1. The fourth-order valence-corrected chi connectivity index (χ4v) is 2.26. The molecule has 0 aliphatic carbocycles. The zero-order chi connectivity index (χ0) is 17.9. The molecule has 0 radical (unpaired) electrons. The van der Waals surface area contributed by atoms with Gasteiger partial charge in [0, 0.05) is 13.3 Å². The Hall–Kier alpha value is -2.09. The third-order valence-corrected chi connectivity index (χ3v) is 4.02. The summed E-state index contributed by atoms with van der Waals surface area (Å²) in [6, 6.07) is 6.37. The van der Waals surface area contributed by atoms with Crippen molar-refractivity contribution in [2.45, 2.75) is 12.5 Å². The third-order valence-electron chi connectivity index (χ3n) is 3.28. The first-order valence-corrected chi connectivity index (χ1v) is 7.58. The maximum atomic E-state index is 12.3. The van der Waals surface area contributed by atoms with Crippen LogP contribution < -0.4 is 5.32 Å². The molecule has 1 aromatic heterocycles. The van der Waals surface area contributed by atoms with E-state index in [0.717, 1.165) is 0 Å². The van der Waals surface area contributed by atoms with Gasteiger partial charge in [-0.15, -0.1) is 0 Å². The van der Waals surface area contributed by atoms with Gasteiger partial charge in [-0.2, -0.15) is 5.10 Å². The van der Waals surface area contributed by atoms with Gasteiger partial charge in [-0.3, -0.25) is 4.79 Å². The van der Waals surface area contributed by atoms with Crippen molar-refractivity contribution in [2.75, 3.05) is 13.7 Å². The van der Waals surface area contributed by atoms with E-state index >= 15 is 0 Å². The fourth-order valence-electron chi connectivity index (χ4n) is 1.97. The summed E-state index contributed by atoms with van der Waals surface area (Å²) in [5.41, 5.74) is -0.884. The first kappa shape index (κ1) is 18.3. The van der Waals surface area contributed by atoms with Crippen LogP contribution in [0.15, 0.2) is 30.5 Å². The minimum atomic E-state index is -1.56. The van der Waals surface area contributed by atoms with Crippen molar-refractivity contribution >= 4 is 35.1 Å². The van der Waals surface area contributed by atoms with Gasteiger partial charge in [-0.05, 0) is 31.2 Å². The number of aliphatic carboxylic acids is 1. The molecule has 2 N–H and O–H groups in total. The number of ether oxygens (including phenoxy) is 1. The highest BCUT2D eigenvalue weighted by Crippen LogP contribution is 2.24. The van der Waals surface area contributed by atoms with Gasteiger partial charge in [0.1, 0.15) is 0 Å². The topological polar surface area (TPSA) is 93.5 Å². The molecule has 0 bridgehead atoms. The second kappa shape index (κ2) is 7.21. The average Bonchev–Trinajstić information content (AvgIpc) is 3.00. The quantitative estimate of drug-likeness (QED) is 0.812. The number of halogens is 2. The van der Waals surface area contributed by atoms with Gasteiger partial charge in [-0.25, -0.2) is 9.48 Å². The lowest BCUT2D eigenvalue weighted by molar-refractivity contribution is -0.145. The maximum Gasteiger partial charge on any atom is 0.331 e. The number of nitrogens with one attached hydrogen (secondary N) is 1. The summed E-state index contributed by atoms with van der Waals surface area (Å²) in [6.07, 6.45) is 1.56. The average molecular weight is 372 g/mol. The van der Waals surface area contributed by atoms with Crippen LogP contribution in [0.3, 0.4) is 0 Å². The van der Waals surface area contributed by atoms with E-state index in [0.29, 0.717) is 15.7 Å². The highest BCUT2D eigenvalue weighted by Gasteiger charge is 2.35. The Bertz CT molecular complexity index is 778. The van der Waals surface area contributed by atoms with Crippen molar-refractivity contribution in [3.8, 4) is 5.69 Å². The van der Waals surface area contributed by atoms with Crippen LogP contribution in [0.2, 0.25) is 10.0 Å². The van der Waals surface area contributed by atoms with Crippen LogP contribution in [0.25, 0.3) is 5.69 Å². The zero-order valence-corrected chi connectivity index (χ0v) is 14.4. The number of hydrogen-bond donors (Lipinski definition) is 2. The van der Waals surface area contributed by atoms with Crippen molar-refractivity contribution in [2.24, 2.45) is 0 Å². The summed E-state index contributed by atoms with van der Waals surface area (Å²) in [6.45, 7) is 1.17. The molecule has 0 aliphatic rings. The lowest BCUT2D eigenvalue weighted by Crippen LogP contribution is -2.55. The standard InChI is InChI=1S/C15H15Cl2N3O4/c1-15(8-24-2,14(22)23)18-13(21)12-5-6-20(19-12)9-3-4-10(16)11(17)7-9/h3-7H,8H2,1-2H3,(H,18,21)(H,22,23). The molecule has 0 fully saturated rings. The lowest BCUT2D eigenvalue weighted by Gasteiger charge is -2.24. The Balaban J connectivity index is 2.22. The number of rotatable bonds is 6. The van der Waals surface area contributed by atoms with E-state index in [2.05, 4.69) is 10.4 Å². The molecule has 1 aromatic carbocycles. The summed E-state index contributed by atoms with van der Waals surface area (Å²) in [4.78, 5) is 23.6. The molecule has 0 saturated heterocycles. The second-order valence-electron chi connectivity index (χ2n) is 5.27. The minimum absolute atomic E-state index is 0.0599. The lowest BCUT2D eigenvalue weighted by atomic mass is 10.0. The van der Waals surface area contributed by atoms with E-state index in [-0.39, 0.29) is 12.3 Å². The highest BCUT2D eigenvalue weighted by molar-refractivity contribution is 6.42. The first-order valence-electron chi connectivity index (χ1n) is 6.83. The number of aromatic nitrogens is 2. The van der Waals surface area contributed by atoms with Crippen molar-refractivity contribution < 1.29 is 19.4 Å². The van der Waals surface area contributed by atoms with Crippen LogP contribution in [0.4, 0.5) is 0 Å². The Morgan fingerprint density at radius 3 is 2.62 bits per heavy atom. The largest absolute Gasteiger partial charge is 0.479 e. The molecule has 7 nitrogen and oxygen atoms in total. The summed E-state index contributed by atoms with van der Waals surface area (Å²) in [7, 11) is 1.35. The molecule has 9 heteroatoms. The molecule has 2 rings (SSSR count). The van der Waals surface area contributed by atoms with E-state index in [1.165, 1.54) is 24.8 Å². The van der Waals surface area contributed by atoms with Crippen molar-refractivity contribution in [1.29, 1.82) is 0 Å². The Morgan fingerprint density at radius 2 is 2.04 bits per heavy atom. The molecule has 1 atom stereocenters. The van der Waals surface area contributed by atoms with Crippen molar-refractivity contribution in [3.63, 3.8) is 0 Å². The maximum absolute atomic E-state index is 12.3. The van der Waals surface area contributed by atoms with Gasteiger partial charge in [0.15, 0.2) is 11.2 Å². The predicted molar refractivity (Wildman–Crippen MR) is 89.0 cm³/mol. The van der Waals surface area contributed by atoms with Gasteiger partial charge >= 0.3 is 5.97 Å². The van der Waals surface area contributed by atoms with Gasteiger partial charge in [0.2, 0.25) is 0 Å². The molecule has 0 aliphatic heterocycles. The summed E-state index contributed by atoms with van der Waals surface area (Å²) >= 11 is 11.8. The fraction of sp³-hybridized carbons (Fsp3) is 0.267. The van der Waals surface area contributed by atoms with Crippen LogP contribution in [-0.2, 0) is 9.53 Å².